The SMILES string of the molecule is CCc1ccc2c(c1)C(=O)NC2. The first kappa shape index (κ1) is 7.35. The van der Waals surface area contributed by atoms with Crippen molar-refractivity contribution in [3.8, 4) is 0 Å². The van der Waals surface area contributed by atoms with Crippen LogP contribution in [0, 0.1) is 0 Å². The van der Waals surface area contributed by atoms with Crippen LogP contribution in [0.15, 0.2) is 18.2 Å². The lowest BCUT2D eigenvalue weighted by atomic mass is 10.0. The van der Waals surface area contributed by atoms with Crippen molar-refractivity contribution in [1.29, 1.82) is 0 Å². The van der Waals surface area contributed by atoms with Crippen LogP contribution in [0.4, 0.5) is 0 Å². The van der Waals surface area contributed by atoms with Crippen LogP contribution in [0.3, 0.4) is 0 Å². The minimum Gasteiger partial charge on any atom is -0.348 e. The van der Waals surface area contributed by atoms with E-state index in [2.05, 4.69) is 18.3 Å². The van der Waals surface area contributed by atoms with Gasteiger partial charge in [0.2, 0.25) is 0 Å². The molecular formula is C10H11NO. The van der Waals surface area contributed by atoms with E-state index >= 15 is 0 Å². The van der Waals surface area contributed by atoms with Crippen LogP contribution in [-0.4, -0.2) is 5.91 Å². The molecule has 1 N–H and O–H groups in total. The Morgan fingerprint density at radius 3 is 3.08 bits per heavy atom. The molecule has 0 radical (unpaired) electrons. The van der Waals surface area contributed by atoms with Crippen LogP contribution >= 0.6 is 0 Å². The molecule has 62 valence electrons. The van der Waals surface area contributed by atoms with Gasteiger partial charge >= 0.3 is 0 Å². The molecule has 0 spiro atoms. The summed E-state index contributed by atoms with van der Waals surface area (Å²) < 4.78 is 0. The van der Waals surface area contributed by atoms with Crippen molar-refractivity contribution in [3.05, 3.63) is 34.9 Å². The van der Waals surface area contributed by atoms with Gasteiger partial charge in [-0.15, -0.1) is 0 Å². The summed E-state index contributed by atoms with van der Waals surface area (Å²) >= 11 is 0. The van der Waals surface area contributed by atoms with Crippen LogP contribution in [0.1, 0.15) is 28.4 Å². The molecule has 0 bridgehead atoms. The minimum absolute atomic E-state index is 0.0697. The first-order valence-corrected chi connectivity index (χ1v) is 4.21. The molecule has 0 saturated heterocycles. The number of fused-ring (bicyclic) bond motifs is 1. The number of carbonyl (C=O) groups is 1. The third-order valence-corrected chi connectivity index (χ3v) is 2.27. The first-order valence-electron chi connectivity index (χ1n) is 4.21. The number of hydrogen-bond acceptors (Lipinski definition) is 1. The molecule has 2 rings (SSSR count). The molecule has 1 aromatic rings. The minimum atomic E-state index is 0.0697. The summed E-state index contributed by atoms with van der Waals surface area (Å²) in [6, 6.07) is 6.10. The highest BCUT2D eigenvalue weighted by Crippen LogP contribution is 2.17. The van der Waals surface area contributed by atoms with Crippen LogP contribution in [0.2, 0.25) is 0 Å². The maximum atomic E-state index is 11.2. The predicted molar refractivity (Wildman–Crippen MR) is 47.0 cm³/mol. The molecule has 1 heterocycles. The van der Waals surface area contributed by atoms with E-state index in [0.717, 1.165) is 17.5 Å². The smallest absolute Gasteiger partial charge is 0.251 e. The van der Waals surface area contributed by atoms with E-state index in [4.69, 9.17) is 0 Å². The second-order valence-electron chi connectivity index (χ2n) is 3.03. The fourth-order valence-electron chi connectivity index (χ4n) is 1.48. The Bertz CT molecular complexity index is 331. The molecule has 0 atom stereocenters. The van der Waals surface area contributed by atoms with Crippen LogP contribution in [0.25, 0.3) is 0 Å². The summed E-state index contributed by atoms with van der Waals surface area (Å²) in [7, 11) is 0. The molecule has 0 fully saturated rings. The van der Waals surface area contributed by atoms with Crippen LogP contribution < -0.4 is 5.32 Å². The maximum Gasteiger partial charge on any atom is 0.251 e. The van der Waals surface area contributed by atoms with E-state index in [1.54, 1.807) is 0 Å². The normalized spacial score (nSPS) is 14.2. The van der Waals surface area contributed by atoms with E-state index in [-0.39, 0.29) is 5.91 Å². The molecule has 1 aromatic carbocycles. The zero-order chi connectivity index (χ0) is 8.55. The number of nitrogens with one attached hydrogen (secondary N) is 1. The number of amides is 1. The van der Waals surface area contributed by atoms with Crippen molar-refractivity contribution in [2.75, 3.05) is 0 Å². The summed E-state index contributed by atoms with van der Waals surface area (Å²) in [6.45, 7) is 2.78. The number of rotatable bonds is 1. The number of hydrogen-bond donors (Lipinski definition) is 1. The number of aryl methyl sites for hydroxylation is 1. The molecular weight excluding hydrogens is 150 g/mol. The van der Waals surface area contributed by atoms with Gasteiger partial charge in [0.25, 0.3) is 5.91 Å². The standard InChI is InChI=1S/C10H11NO/c1-2-7-3-4-8-6-11-10(12)9(8)5-7/h3-5H,2,6H2,1H3,(H,11,12). The third kappa shape index (κ3) is 0.998. The van der Waals surface area contributed by atoms with Crippen molar-refractivity contribution < 1.29 is 4.79 Å². The number of benzene rings is 1. The topological polar surface area (TPSA) is 29.1 Å². The average molecular weight is 161 g/mol. The Kier molecular flexibility index (Phi) is 1.61. The summed E-state index contributed by atoms with van der Waals surface area (Å²) in [5.74, 6) is 0.0697. The van der Waals surface area contributed by atoms with Crippen molar-refractivity contribution in [2.24, 2.45) is 0 Å². The maximum absolute atomic E-state index is 11.2. The van der Waals surface area contributed by atoms with E-state index in [1.165, 1.54) is 5.56 Å². The summed E-state index contributed by atoms with van der Waals surface area (Å²) in [5.41, 5.74) is 3.21. The van der Waals surface area contributed by atoms with Gasteiger partial charge in [0.1, 0.15) is 0 Å². The lowest BCUT2D eigenvalue weighted by molar-refractivity contribution is 0.0965. The fourth-order valence-corrected chi connectivity index (χ4v) is 1.48. The Hall–Kier alpha value is -1.31. The van der Waals surface area contributed by atoms with Crippen molar-refractivity contribution in [1.82, 2.24) is 5.32 Å². The van der Waals surface area contributed by atoms with Gasteiger partial charge in [-0.1, -0.05) is 19.1 Å². The van der Waals surface area contributed by atoms with Gasteiger partial charge in [-0.2, -0.15) is 0 Å². The summed E-state index contributed by atoms with van der Waals surface area (Å²) in [6.07, 6.45) is 0.987. The van der Waals surface area contributed by atoms with Crippen molar-refractivity contribution >= 4 is 5.91 Å². The third-order valence-electron chi connectivity index (χ3n) is 2.27. The Labute approximate surface area is 71.6 Å². The molecule has 12 heavy (non-hydrogen) atoms. The van der Waals surface area contributed by atoms with E-state index in [9.17, 15) is 4.79 Å². The molecule has 0 saturated carbocycles. The highest BCUT2D eigenvalue weighted by molar-refractivity contribution is 5.98. The largest absolute Gasteiger partial charge is 0.348 e. The molecule has 1 aliphatic rings. The van der Waals surface area contributed by atoms with E-state index < -0.39 is 0 Å². The van der Waals surface area contributed by atoms with Gasteiger partial charge in [0.15, 0.2) is 0 Å². The highest BCUT2D eigenvalue weighted by atomic mass is 16.1. The van der Waals surface area contributed by atoms with Crippen molar-refractivity contribution in [2.45, 2.75) is 19.9 Å². The van der Waals surface area contributed by atoms with Gasteiger partial charge in [-0.3, -0.25) is 4.79 Å². The summed E-state index contributed by atoms with van der Waals surface area (Å²) in [5, 5.41) is 2.80. The molecule has 0 aromatic heterocycles. The average Bonchev–Trinajstić information content (AvgIpc) is 2.47. The van der Waals surface area contributed by atoms with Gasteiger partial charge in [-0.25, -0.2) is 0 Å². The zero-order valence-electron chi connectivity index (χ0n) is 7.05. The lowest BCUT2D eigenvalue weighted by Crippen LogP contribution is -2.12. The van der Waals surface area contributed by atoms with Gasteiger partial charge < -0.3 is 5.32 Å². The summed E-state index contributed by atoms with van der Waals surface area (Å²) in [4.78, 5) is 11.2. The fraction of sp³-hybridized carbons (Fsp3) is 0.300. The highest BCUT2D eigenvalue weighted by Gasteiger charge is 2.17. The molecule has 1 aliphatic heterocycles. The first-order chi connectivity index (χ1) is 5.81. The molecule has 0 unspecified atom stereocenters. The van der Waals surface area contributed by atoms with Gasteiger partial charge in [0, 0.05) is 12.1 Å². The quantitative estimate of drug-likeness (QED) is 0.664. The van der Waals surface area contributed by atoms with Gasteiger partial charge in [-0.05, 0) is 23.6 Å². The van der Waals surface area contributed by atoms with E-state index in [0.29, 0.717) is 6.54 Å². The van der Waals surface area contributed by atoms with Crippen LogP contribution in [-0.2, 0) is 13.0 Å². The molecule has 1 amide bonds. The molecule has 0 aliphatic carbocycles. The molecule has 2 nitrogen and oxygen atoms in total. The number of carbonyl (C=O) groups excluding carboxylic acids is 1. The van der Waals surface area contributed by atoms with Crippen molar-refractivity contribution in [3.63, 3.8) is 0 Å². The zero-order valence-corrected chi connectivity index (χ0v) is 7.05. The second kappa shape index (κ2) is 2.63. The Morgan fingerprint density at radius 2 is 2.33 bits per heavy atom. The second-order valence-corrected chi connectivity index (χ2v) is 3.03. The monoisotopic (exact) mass is 161 g/mol. The Morgan fingerprint density at radius 1 is 1.50 bits per heavy atom. The Balaban J connectivity index is 2.50. The molecule has 2 heteroatoms. The van der Waals surface area contributed by atoms with Crippen LogP contribution in [0.5, 0.6) is 0 Å². The van der Waals surface area contributed by atoms with Gasteiger partial charge in [0.05, 0.1) is 0 Å². The predicted octanol–water partition coefficient (Wildman–Crippen LogP) is 1.49. The van der Waals surface area contributed by atoms with E-state index in [1.807, 2.05) is 12.1 Å². The lowest BCUT2D eigenvalue weighted by Gasteiger charge is -1.98.